The van der Waals surface area contributed by atoms with Gasteiger partial charge >= 0.3 is 0 Å². The molecule has 0 amide bonds. The summed E-state index contributed by atoms with van der Waals surface area (Å²) in [7, 11) is 0. The van der Waals surface area contributed by atoms with Crippen LogP contribution in [0.1, 0.15) is 0 Å². The Morgan fingerprint density at radius 2 is 1.02 bits per heavy atom. The summed E-state index contributed by atoms with van der Waals surface area (Å²) in [5.41, 5.74) is 9.62. The molecule has 210 valence electrons. The average molecular weight is 575 g/mol. The van der Waals surface area contributed by atoms with E-state index in [2.05, 4.69) is 132 Å². The van der Waals surface area contributed by atoms with Crippen molar-refractivity contribution in [1.29, 1.82) is 0 Å². The highest BCUT2D eigenvalue weighted by Gasteiger charge is 2.20. The molecule has 9 rings (SSSR count). The quantitative estimate of drug-likeness (QED) is 0.196. The fourth-order valence-electron chi connectivity index (χ4n) is 6.75. The van der Waals surface area contributed by atoms with E-state index in [1.54, 1.807) is 11.0 Å². The average Bonchev–Trinajstić information content (AvgIpc) is 3.56. The number of pyridine rings is 1. The van der Waals surface area contributed by atoms with E-state index in [1.165, 1.54) is 38.2 Å². The van der Waals surface area contributed by atoms with Crippen LogP contribution in [0.4, 0.5) is 0 Å². The zero-order valence-corrected chi connectivity index (χ0v) is 24.3. The maximum absolute atomic E-state index is 5.07. The number of aromatic nitrogens is 4. The van der Waals surface area contributed by atoms with Crippen molar-refractivity contribution in [2.45, 2.75) is 0 Å². The molecule has 0 aliphatic heterocycles. The highest BCUT2D eigenvalue weighted by molar-refractivity contribution is 6.25. The standard InChI is InChI=1S/C41H26N4/c1-2-12-27(13-3-1)39-32-18-5-7-20-34(32)40(35-21-8-6-19-33(35)39)37-25-38-41(36-22-9-4-17-31(36)37)44-45(43-38)30-16-10-14-28(24-30)29-15-11-23-42-26-29/h1-26H. The molecule has 0 spiro atoms. The second-order valence-corrected chi connectivity index (χ2v) is 11.3. The number of nitrogens with zero attached hydrogens (tertiary/aromatic N) is 4. The third kappa shape index (κ3) is 4.11. The fraction of sp³-hybridized carbons (Fsp3) is 0. The predicted molar refractivity (Wildman–Crippen MR) is 185 cm³/mol. The second-order valence-electron chi connectivity index (χ2n) is 11.3. The number of hydrogen-bond donors (Lipinski definition) is 0. The molecule has 0 atom stereocenters. The van der Waals surface area contributed by atoms with Gasteiger partial charge in [-0.2, -0.15) is 4.80 Å². The van der Waals surface area contributed by atoms with Gasteiger partial charge in [-0.1, -0.05) is 121 Å². The predicted octanol–water partition coefficient (Wildman–Crippen LogP) is 10.3. The maximum Gasteiger partial charge on any atom is 0.121 e. The summed E-state index contributed by atoms with van der Waals surface area (Å²) < 4.78 is 0. The number of rotatable bonds is 4. The molecular formula is C41H26N4. The highest BCUT2D eigenvalue weighted by Crippen LogP contribution is 2.46. The lowest BCUT2D eigenvalue weighted by molar-refractivity contribution is 0.766. The van der Waals surface area contributed by atoms with Crippen molar-refractivity contribution in [2.24, 2.45) is 0 Å². The van der Waals surface area contributed by atoms with Crippen LogP contribution in [-0.4, -0.2) is 20.0 Å². The SMILES string of the molecule is c1ccc(-c2c3ccccc3c(-c3cc4nn(-c5cccc(-c6cccnc6)c5)nc4c4ccccc34)c3ccccc23)cc1. The lowest BCUT2D eigenvalue weighted by Gasteiger charge is -2.18. The van der Waals surface area contributed by atoms with Gasteiger partial charge in [-0.25, -0.2) is 0 Å². The molecule has 0 N–H and O–H groups in total. The van der Waals surface area contributed by atoms with Crippen molar-refractivity contribution in [1.82, 2.24) is 20.0 Å². The summed E-state index contributed by atoms with van der Waals surface area (Å²) in [5.74, 6) is 0. The van der Waals surface area contributed by atoms with Gasteiger partial charge in [-0.3, -0.25) is 4.98 Å². The highest BCUT2D eigenvalue weighted by atomic mass is 15.5. The molecule has 0 aliphatic carbocycles. The van der Waals surface area contributed by atoms with Gasteiger partial charge in [-0.05, 0) is 79.0 Å². The fourth-order valence-corrected chi connectivity index (χ4v) is 6.75. The third-order valence-electron chi connectivity index (χ3n) is 8.73. The van der Waals surface area contributed by atoms with Gasteiger partial charge < -0.3 is 0 Å². The number of hydrogen-bond acceptors (Lipinski definition) is 3. The van der Waals surface area contributed by atoms with Crippen molar-refractivity contribution in [3.05, 3.63) is 158 Å². The first-order valence-electron chi connectivity index (χ1n) is 15.1. The first-order valence-corrected chi connectivity index (χ1v) is 15.1. The van der Waals surface area contributed by atoms with Crippen LogP contribution < -0.4 is 0 Å². The zero-order chi connectivity index (χ0) is 29.7. The Hall–Kier alpha value is -6.13. The Morgan fingerprint density at radius 3 is 1.71 bits per heavy atom. The Bertz CT molecular complexity index is 2480. The van der Waals surface area contributed by atoms with E-state index < -0.39 is 0 Å². The van der Waals surface area contributed by atoms with Crippen LogP contribution in [0.3, 0.4) is 0 Å². The van der Waals surface area contributed by atoms with E-state index in [1.807, 2.05) is 24.4 Å². The zero-order valence-electron chi connectivity index (χ0n) is 24.3. The van der Waals surface area contributed by atoms with Crippen LogP contribution >= 0.6 is 0 Å². The first-order chi connectivity index (χ1) is 22.3. The monoisotopic (exact) mass is 574 g/mol. The molecule has 0 aliphatic rings. The number of benzene rings is 7. The van der Waals surface area contributed by atoms with E-state index in [0.717, 1.165) is 44.2 Å². The summed E-state index contributed by atoms with van der Waals surface area (Å²) >= 11 is 0. The summed E-state index contributed by atoms with van der Waals surface area (Å²) in [5, 5.41) is 17.3. The van der Waals surface area contributed by atoms with Gasteiger partial charge in [0.25, 0.3) is 0 Å². The molecule has 4 heteroatoms. The van der Waals surface area contributed by atoms with Gasteiger partial charge in [0, 0.05) is 23.3 Å². The van der Waals surface area contributed by atoms with Crippen molar-refractivity contribution in [3.63, 3.8) is 0 Å². The van der Waals surface area contributed by atoms with Gasteiger partial charge in [0.15, 0.2) is 0 Å². The molecule has 0 unspecified atom stereocenters. The van der Waals surface area contributed by atoms with Crippen LogP contribution in [0.2, 0.25) is 0 Å². The molecule has 0 saturated heterocycles. The van der Waals surface area contributed by atoms with Gasteiger partial charge in [0.05, 0.1) is 5.69 Å². The Labute approximate surface area is 259 Å². The smallest absolute Gasteiger partial charge is 0.121 e. The molecular weight excluding hydrogens is 548 g/mol. The van der Waals surface area contributed by atoms with Gasteiger partial charge in [0.1, 0.15) is 11.0 Å². The molecule has 0 saturated carbocycles. The number of fused-ring (bicyclic) bond motifs is 5. The minimum Gasteiger partial charge on any atom is -0.264 e. The summed E-state index contributed by atoms with van der Waals surface area (Å²) in [4.78, 5) is 6.06. The second kappa shape index (κ2) is 10.2. The molecule has 9 aromatic rings. The van der Waals surface area contributed by atoms with Crippen LogP contribution in [0.15, 0.2) is 158 Å². The van der Waals surface area contributed by atoms with Crippen molar-refractivity contribution in [3.8, 4) is 39.1 Å². The van der Waals surface area contributed by atoms with Crippen LogP contribution in [0.5, 0.6) is 0 Å². The third-order valence-corrected chi connectivity index (χ3v) is 8.73. The van der Waals surface area contributed by atoms with E-state index in [0.29, 0.717) is 0 Å². The summed E-state index contributed by atoms with van der Waals surface area (Å²) in [6, 6.07) is 51.4. The van der Waals surface area contributed by atoms with E-state index in [-0.39, 0.29) is 0 Å². The van der Waals surface area contributed by atoms with Crippen molar-refractivity contribution < 1.29 is 0 Å². The van der Waals surface area contributed by atoms with Gasteiger partial charge in [-0.15, -0.1) is 10.2 Å². The maximum atomic E-state index is 5.07. The lowest BCUT2D eigenvalue weighted by atomic mass is 9.84. The van der Waals surface area contributed by atoms with E-state index >= 15 is 0 Å². The van der Waals surface area contributed by atoms with E-state index in [4.69, 9.17) is 10.2 Å². The minimum atomic E-state index is 0.857. The molecule has 0 radical (unpaired) electrons. The molecule has 7 aromatic carbocycles. The van der Waals surface area contributed by atoms with Crippen LogP contribution in [0.25, 0.3) is 82.4 Å². The van der Waals surface area contributed by atoms with Crippen LogP contribution in [0, 0.1) is 0 Å². The molecule has 0 bridgehead atoms. The summed E-state index contributed by atoms with van der Waals surface area (Å²) in [6.07, 6.45) is 3.67. The molecule has 4 nitrogen and oxygen atoms in total. The van der Waals surface area contributed by atoms with Crippen molar-refractivity contribution >= 4 is 43.4 Å². The van der Waals surface area contributed by atoms with Crippen molar-refractivity contribution in [2.75, 3.05) is 0 Å². The molecule has 0 fully saturated rings. The van der Waals surface area contributed by atoms with E-state index in [9.17, 15) is 0 Å². The Balaban J connectivity index is 1.33. The van der Waals surface area contributed by atoms with Crippen LogP contribution in [-0.2, 0) is 0 Å². The Kier molecular flexibility index (Phi) is 5.78. The topological polar surface area (TPSA) is 43.6 Å². The molecule has 2 aromatic heterocycles. The molecule has 2 heterocycles. The molecule has 45 heavy (non-hydrogen) atoms. The minimum absolute atomic E-state index is 0.857. The Morgan fingerprint density at radius 1 is 0.422 bits per heavy atom. The van der Waals surface area contributed by atoms with Gasteiger partial charge in [0.2, 0.25) is 0 Å². The summed E-state index contributed by atoms with van der Waals surface area (Å²) in [6.45, 7) is 0. The largest absolute Gasteiger partial charge is 0.264 e. The lowest BCUT2D eigenvalue weighted by Crippen LogP contribution is -1.98. The normalized spacial score (nSPS) is 11.6. The first kappa shape index (κ1) is 25.4.